The predicted molar refractivity (Wildman–Crippen MR) is 55.9 cm³/mol. The molecule has 1 atom stereocenters. The summed E-state index contributed by atoms with van der Waals surface area (Å²) in [5, 5.41) is 2.72. The van der Waals surface area contributed by atoms with Gasteiger partial charge in [0.15, 0.2) is 0 Å². The molecule has 6 nitrogen and oxygen atoms in total. The Bertz CT molecular complexity index is 244. The molecule has 1 fully saturated rings. The number of hydrogen-bond donors (Lipinski definition) is 3. The highest BCUT2D eigenvalue weighted by Crippen LogP contribution is 2.15. The zero-order valence-electron chi connectivity index (χ0n) is 8.74. The number of hydrogen-bond acceptors (Lipinski definition) is 3. The van der Waals surface area contributed by atoms with E-state index in [-0.39, 0.29) is 11.8 Å². The maximum absolute atomic E-state index is 11.6. The molecule has 3 amide bonds. The van der Waals surface area contributed by atoms with E-state index in [1.54, 1.807) is 0 Å². The van der Waals surface area contributed by atoms with Crippen LogP contribution in [-0.2, 0) is 4.79 Å². The summed E-state index contributed by atoms with van der Waals surface area (Å²) in [6, 6.07) is -0.452. The third-order valence-corrected chi connectivity index (χ3v) is 2.55. The summed E-state index contributed by atoms with van der Waals surface area (Å²) in [5.41, 5.74) is 10.4. The second kappa shape index (κ2) is 5.55. The third kappa shape index (κ3) is 3.39. The molecule has 0 bridgehead atoms. The summed E-state index contributed by atoms with van der Waals surface area (Å²) >= 11 is 0. The SMILES string of the molecule is NCCNC(=O)C1CCCN(C(N)=O)C1. The molecular weight excluding hydrogens is 196 g/mol. The lowest BCUT2D eigenvalue weighted by atomic mass is 9.97. The van der Waals surface area contributed by atoms with E-state index < -0.39 is 6.03 Å². The number of nitrogens with two attached hydrogens (primary N) is 2. The molecule has 1 rings (SSSR count). The van der Waals surface area contributed by atoms with Crippen molar-refractivity contribution in [3.63, 3.8) is 0 Å². The minimum Gasteiger partial charge on any atom is -0.355 e. The number of carbonyl (C=O) groups is 2. The van der Waals surface area contributed by atoms with Crippen molar-refractivity contribution in [2.24, 2.45) is 17.4 Å². The van der Waals surface area contributed by atoms with Crippen LogP contribution in [-0.4, -0.2) is 43.0 Å². The first-order valence-electron chi connectivity index (χ1n) is 5.17. The van der Waals surface area contributed by atoms with Crippen LogP contribution in [0.25, 0.3) is 0 Å². The highest BCUT2D eigenvalue weighted by molar-refractivity contribution is 5.80. The second-order valence-electron chi connectivity index (χ2n) is 3.70. The fourth-order valence-corrected chi connectivity index (χ4v) is 1.73. The van der Waals surface area contributed by atoms with Gasteiger partial charge >= 0.3 is 6.03 Å². The number of nitrogens with zero attached hydrogens (tertiary/aromatic N) is 1. The van der Waals surface area contributed by atoms with Crippen molar-refractivity contribution in [1.82, 2.24) is 10.2 Å². The molecule has 15 heavy (non-hydrogen) atoms. The zero-order valence-corrected chi connectivity index (χ0v) is 8.74. The van der Waals surface area contributed by atoms with E-state index in [1.807, 2.05) is 0 Å². The summed E-state index contributed by atoms with van der Waals surface area (Å²) in [4.78, 5) is 24.0. The van der Waals surface area contributed by atoms with E-state index in [9.17, 15) is 9.59 Å². The molecule has 1 aliphatic rings. The van der Waals surface area contributed by atoms with E-state index >= 15 is 0 Å². The van der Waals surface area contributed by atoms with Gasteiger partial charge in [-0.25, -0.2) is 4.79 Å². The molecule has 0 aromatic rings. The van der Waals surface area contributed by atoms with Crippen LogP contribution in [0, 0.1) is 5.92 Å². The molecule has 5 N–H and O–H groups in total. The molecule has 1 unspecified atom stereocenters. The number of nitrogens with one attached hydrogen (secondary N) is 1. The Hall–Kier alpha value is -1.30. The summed E-state index contributed by atoms with van der Waals surface area (Å²) in [6.07, 6.45) is 1.63. The summed E-state index contributed by atoms with van der Waals surface area (Å²) in [7, 11) is 0. The van der Waals surface area contributed by atoms with Gasteiger partial charge in [0.05, 0.1) is 5.92 Å². The van der Waals surface area contributed by atoms with Crippen molar-refractivity contribution >= 4 is 11.9 Å². The molecule has 6 heteroatoms. The highest BCUT2D eigenvalue weighted by Gasteiger charge is 2.26. The third-order valence-electron chi connectivity index (χ3n) is 2.55. The van der Waals surface area contributed by atoms with Crippen LogP contribution in [0.4, 0.5) is 4.79 Å². The summed E-state index contributed by atoms with van der Waals surface area (Å²) in [6.45, 7) is 1.98. The summed E-state index contributed by atoms with van der Waals surface area (Å²) in [5.74, 6) is -0.177. The van der Waals surface area contributed by atoms with Gasteiger partial charge in [0.2, 0.25) is 5.91 Å². The molecular formula is C9H18N4O2. The van der Waals surface area contributed by atoms with E-state index in [0.29, 0.717) is 26.2 Å². The van der Waals surface area contributed by atoms with Crippen LogP contribution in [0.5, 0.6) is 0 Å². The standard InChI is InChI=1S/C9H18N4O2/c10-3-4-12-8(14)7-2-1-5-13(6-7)9(11)15/h7H,1-6,10H2,(H2,11,15)(H,12,14). The van der Waals surface area contributed by atoms with Gasteiger partial charge in [0.1, 0.15) is 0 Å². The minimum atomic E-state index is -0.452. The van der Waals surface area contributed by atoms with Gasteiger partial charge in [-0.3, -0.25) is 4.79 Å². The van der Waals surface area contributed by atoms with Gasteiger partial charge in [0, 0.05) is 26.2 Å². The Balaban J connectivity index is 2.41. The molecule has 0 radical (unpaired) electrons. The zero-order chi connectivity index (χ0) is 11.3. The summed E-state index contributed by atoms with van der Waals surface area (Å²) < 4.78 is 0. The first-order valence-corrected chi connectivity index (χ1v) is 5.17. The lowest BCUT2D eigenvalue weighted by Crippen LogP contribution is -2.47. The van der Waals surface area contributed by atoms with Crippen LogP contribution in [0.15, 0.2) is 0 Å². The smallest absolute Gasteiger partial charge is 0.314 e. The second-order valence-corrected chi connectivity index (χ2v) is 3.70. The van der Waals surface area contributed by atoms with Crippen LogP contribution in [0.1, 0.15) is 12.8 Å². The largest absolute Gasteiger partial charge is 0.355 e. The Morgan fingerprint density at radius 3 is 2.80 bits per heavy atom. The Morgan fingerprint density at radius 1 is 1.47 bits per heavy atom. The van der Waals surface area contributed by atoms with Crippen molar-refractivity contribution in [2.75, 3.05) is 26.2 Å². The fourth-order valence-electron chi connectivity index (χ4n) is 1.73. The van der Waals surface area contributed by atoms with E-state index in [1.165, 1.54) is 4.90 Å². The quantitative estimate of drug-likeness (QED) is 0.553. The number of likely N-dealkylation sites (tertiary alicyclic amines) is 1. The van der Waals surface area contributed by atoms with Crippen LogP contribution in [0.3, 0.4) is 0 Å². The number of amides is 3. The topological polar surface area (TPSA) is 101 Å². The van der Waals surface area contributed by atoms with Crippen LogP contribution < -0.4 is 16.8 Å². The molecule has 1 heterocycles. The van der Waals surface area contributed by atoms with Crippen LogP contribution >= 0.6 is 0 Å². The van der Waals surface area contributed by atoms with Gasteiger partial charge in [0.25, 0.3) is 0 Å². The normalized spacial score (nSPS) is 21.1. The number of carbonyl (C=O) groups excluding carboxylic acids is 2. The Labute approximate surface area is 89.0 Å². The average Bonchev–Trinajstić information content (AvgIpc) is 2.26. The minimum absolute atomic E-state index is 0.0357. The number of primary amides is 1. The monoisotopic (exact) mass is 214 g/mol. The number of urea groups is 1. The van der Waals surface area contributed by atoms with E-state index in [2.05, 4.69) is 5.32 Å². The fraction of sp³-hybridized carbons (Fsp3) is 0.778. The molecule has 0 aromatic carbocycles. The first-order chi connectivity index (χ1) is 7.15. The van der Waals surface area contributed by atoms with E-state index in [4.69, 9.17) is 11.5 Å². The maximum atomic E-state index is 11.6. The Morgan fingerprint density at radius 2 is 2.20 bits per heavy atom. The molecule has 0 saturated carbocycles. The van der Waals surface area contributed by atoms with Crippen molar-refractivity contribution in [2.45, 2.75) is 12.8 Å². The molecule has 0 aliphatic carbocycles. The first kappa shape index (κ1) is 11.8. The van der Waals surface area contributed by atoms with Crippen molar-refractivity contribution in [3.05, 3.63) is 0 Å². The molecule has 0 spiro atoms. The van der Waals surface area contributed by atoms with Crippen molar-refractivity contribution in [3.8, 4) is 0 Å². The van der Waals surface area contributed by atoms with Crippen LogP contribution in [0.2, 0.25) is 0 Å². The number of rotatable bonds is 3. The lowest BCUT2D eigenvalue weighted by Gasteiger charge is -2.30. The maximum Gasteiger partial charge on any atom is 0.314 e. The lowest BCUT2D eigenvalue weighted by molar-refractivity contribution is -0.126. The predicted octanol–water partition coefficient (Wildman–Crippen LogP) is -1.15. The number of piperidine rings is 1. The molecule has 0 aromatic heterocycles. The van der Waals surface area contributed by atoms with Gasteiger partial charge in [-0.05, 0) is 12.8 Å². The van der Waals surface area contributed by atoms with Gasteiger partial charge in [-0.15, -0.1) is 0 Å². The van der Waals surface area contributed by atoms with Crippen molar-refractivity contribution < 1.29 is 9.59 Å². The van der Waals surface area contributed by atoms with E-state index in [0.717, 1.165) is 12.8 Å². The van der Waals surface area contributed by atoms with Crippen molar-refractivity contribution in [1.29, 1.82) is 0 Å². The van der Waals surface area contributed by atoms with Gasteiger partial charge in [-0.1, -0.05) is 0 Å². The Kier molecular flexibility index (Phi) is 4.36. The highest BCUT2D eigenvalue weighted by atomic mass is 16.2. The van der Waals surface area contributed by atoms with Gasteiger partial charge < -0.3 is 21.7 Å². The molecule has 1 aliphatic heterocycles. The molecule has 1 saturated heterocycles. The molecule has 86 valence electrons. The van der Waals surface area contributed by atoms with Gasteiger partial charge in [-0.2, -0.15) is 0 Å². The average molecular weight is 214 g/mol.